The zero-order valence-corrected chi connectivity index (χ0v) is 36.0. The molecule has 0 aromatic carbocycles. The molecule has 0 aliphatic rings. The summed E-state index contributed by atoms with van der Waals surface area (Å²) in [5.41, 5.74) is 0. The number of hydrogen-bond acceptors (Lipinski definition) is 11. The van der Waals surface area contributed by atoms with Crippen LogP contribution in [0, 0.1) is 5.92 Å². The molecule has 0 amide bonds. The van der Waals surface area contributed by atoms with Gasteiger partial charge in [0.2, 0.25) is 0 Å². The Morgan fingerprint density at radius 3 is 1.88 bits per heavy atom. The summed E-state index contributed by atoms with van der Waals surface area (Å²) in [7, 11) is -9.73. The minimum Gasteiger partial charge on any atom is -0.462 e. The smallest absolute Gasteiger partial charge is 0.462 e. The van der Waals surface area contributed by atoms with Crippen molar-refractivity contribution in [2.24, 2.45) is 5.92 Å². The lowest BCUT2D eigenvalue weighted by atomic mass is 10.0. The minimum atomic E-state index is -4.88. The molecule has 4 atom stereocenters. The summed E-state index contributed by atoms with van der Waals surface area (Å²) in [6.45, 7) is 3.78. The number of esters is 2. The van der Waals surface area contributed by atoms with Crippen LogP contribution in [0.4, 0.5) is 0 Å². The van der Waals surface area contributed by atoms with Crippen LogP contribution >= 0.6 is 15.6 Å². The summed E-state index contributed by atoms with van der Waals surface area (Å²) in [6, 6.07) is 0. The number of ether oxygens (including phenoxy) is 2. The molecule has 2 unspecified atom stereocenters. The van der Waals surface area contributed by atoms with Gasteiger partial charge in [0.25, 0.3) is 0 Å². The molecule has 0 aromatic rings. The number of phosphoric ester groups is 2. The van der Waals surface area contributed by atoms with E-state index in [4.69, 9.17) is 23.8 Å². The number of hydrogen-bond donors (Lipinski definition) is 5. The van der Waals surface area contributed by atoms with Crippen LogP contribution in [0.15, 0.2) is 36.5 Å². The molecule has 0 fully saturated rings. The number of rotatable bonds is 38. The Morgan fingerprint density at radius 2 is 1.21 bits per heavy atom. The van der Waals surface area contributed by atoms with Gasteiger partial charge in [0.15, 0.2) is 6.10 Å². The Kier molecular flexibility index (Phi) is 34.2. The fraction of sp³-hybridized carbons (Fsp3) is 0.800. The second-order valence-electron chi connectivity index (χ2n) is 14.6. The van der Waals surface area contributed by atoms with Crippen molar-refractivity contribution in [3.05, 3.63) is 36.5 Å². The first-order chi connectivity index (χ1) is 26.6. The second kappa shape index (κ2) is 35.3. The van der Waals surface area contributed by atoms with E-state index in [9.17, 15) is 33.8 Å². The van der Waals surface area contributed by atoms with E-state index in [0.29, 0.717) is 6.42 Å². The molecule has 0 bridgehead atoms. The largest absolute Gasteiger partial charge is 0.472 e. The zero-order valence-electron chi connectivity index (χ0n) is 34.3. The zero-order chi connectivity index (χ0) is 41.9. The van der Waals surface area contributed by atoms with E-state index in [1.807, 2.05) is 12.2 Å². The third-order valence-electron chi connectivity index (χ3n) is 8.55. The van der Waals surface area contributed by atoms with Gasteiger partial charge in [-0.05, 0) is 44.4 Å². The van der Waals surface area contributed by atoms with Crippen LogP contribution in [0.1, 0.15) is 156 Å². The summed E-state index contributed by atoms with van der Waals surface area (Å²) < 4.78 is 47.5. The first-order valence-electron chi connectivity index (χ1n) is 20.6. The Labute approximate surface area is 336 Å². The van der Waals surface area contributed by atoms with Gasteiger partial charge >= 0.3 is 27.6 Å². The van der Waals surface area contributed by atoms with Gasteiger partial charge in [-0.2, -0.15) is 0 Å². The molecule has 0 saturated carbocycles. The van der Waals surface area contributed by atoms with Gasteiger partial charge in [0.05, 0.1) is 25.9 Å². The molecule has 5 N–H and O–H groups in total. The Morgan fingerprint density at radius 1 is 0.625 bits per heavy atom. The molecule has 0 heterocycles. The summed E-state index contributed by atoms with van der Waals surface area (Å²) in [5, 5.41) is 20.0. The lowest BCUT2D eigenvalue weighted by molar-refractivity contribution is -0.161. The van der Waals surface area contributed by atoms with Crippen LogP contribution < -0.4 is 0 Å². The predicted octanol–water partition coefficient (Wildman–Crippen LogP) is 8.94. The van der Waals surface area contributed by atoms with E-state index < -0.39 is 72.3 Å². The van der Waals surface area contributed by atoms with Gasteiger partial charge in [0.1, 0.15) is 12.7 Å². The van der Waals surface area contributed by atoms with E-state index in [1.54, 1.807) is 12.2 Å². The second-order valence-corrected chi connectivity index (χ2v) is 17.3. The lowest BCUT2D eigenvalue weighted by Gasteiger charge is -2.20. The van der Waals surface area contributed by atoms with Crippen LogP contribution in [0.2, 0.25) is 0 Å². The van der Waals surface area contributed by atoms with Gasteiger partial charge in [0, 0.05) is 12.8 Å². The summed E-state index contributed by atoms with van der Waals surface area (Å²) in [6.07, 6.45) is 27.7. The number of allylic oxidation sites excluding steroid dienone is 5. The van der Waals surface area contributed by atoms with E-state index in [1.165, 1.54) is 70.6 Å². The maximum atomic E-state index is 12.6. The number of aliphatic hydroxyl groups excluding tert-OH is 2. The van der Waals surface area contributed by atoms with E-state index >= 15 is 0 Å². The highest BCUT2D eigenvalue weighted by Crippen LogP contribution is 2.43. The molecule has 0 aliphatic carbocycles. The van der Waals surface area contributed by atoms with Gasteiger partial charge < -0.3 is 34.4 Å². The molecule has 0 spiro atoms. The molecule has 0 aliphatic heterocycles. The highest BCUT2D eigenvalue weighted by atomic mass is 31.2. The monoisotopic (exact) mass is 840 g/mol. The third-order valence-corrected chi connectivity index (χ3v) is 9.99. The van der Waals surface area contributed by atoms with Crippen molar-refractivity contribution in [3.63, 3.8) is 0 Å². The van der Waals surface area contributed by atoms with Gasteiger partial charge in [-0.25, -0.2) is 9.13 Å². The molecule has 0 aromatic heterocycles. The molecule has 14 nitrogen and oxygen atoms in total. The fourth-order valence-electron chi connectivity index (χ4n) is 5.36. The average Bonchev–Trinajstić information content (AvgIpc) is 3.13. The van der Waals surface area contributed by atoms with Crippen molar-refractivity contribution in [2.45, 2.75) is 174 Å². The molecule has 16 heteroatoms. The highest BCUT2D eigenvalue weighted by Gasteiger charge is 2.28. The average molecular weight is 841 g/mol. The number of aliphatic hydroxyl groups is 2. The van der Waals surface area contributed by atoms with Crippen molar-refractivity contribution in [3.8, 4) is 0 Å². The molecule has 56 heavy (non-hydrogen) atoms. The number of unbranched alkanes of at least 4 members (excludes halogenated alkanes) is 13. The van der Waals surface area contributed by atoms with Crippen LogP contribution in [-0.4, -0.2) is 81.6 Å². The summed E-state index contributed by atoms with van der Waals surface area (Å²) in [4.78, 5) is 52.5. The molecular formula is C40H74O14P2. The van der Waals surface area contributed by atoms with Crippen molar-refractivity contribution in [2.75, 3.05) is 26.4 Å². The minimum absolute atomic E-state index is 0.0919. The normalized spacial score (nSPS) is 15.2. The number of carbonyl (C=O) groups is 2. The van der Waals surface area contributed by atoms with E-state index in [2.05, 4.69) is 42.0 Å². The van der Waals surface area contributed by atoms with Crippen molar-refractivity contribution >= 4 is 27.6 Å². The topological polar surface area (TPSA) is 216 Å². The first-order valence-corrected chi connectivity index (χ1v) is 23.7. The molecule has 0 rings (SSSR count). The standard InChI is InChI=1S/C40H74O14P2/c1-4-5-6-7-8-9-10-11-12-13-17-20-23-27-36(41)28-25-30-40(44)54-38(34-53-56(48,49)52-32-37(42)31-51-55(45,46)47)33-50-39(43)29-24-21-18-15-14-16-19-22-26-35(2)3/h11-12,17,20,23,27,35-38,41-42H,4-10,13-16,18-19,21-22,24-26,28-34H2,1-3H3,(H,48,49)(H2,45,46,47)/b12-11+,20-17+,27-23+/t36?,37-,38+/m0/s1. The van der Waals surface area contributed by atoms with Crippen LogP contribution in [0.25, 0.3) is 0 Å². The lowest BCUT2D eigenvalue weighted by Crippen LogP contribution is -2.30. The van der Waals surface area contributed by atoms with Gasteiger partial charge in [-0.15, -0.1) is 0 Å². The predicted molar refractivity (Wildman–Crippen MR) is 217 cm³/mol. The quantitative estimate of drug-likeness (QED) is 0.0129. The maximum absolute atomic E-state index is 12.6. The summed E-state index contributed by atoms with van der Waals surface area (Å²) in [5.74, 6) is -0.499. The summed E-state index contributed by atoms with van der Waals surface area (Å²) >= 11 is 0. The highest BCUT2D eigenvalue weighted by molar-refractivity contribution is 7.47. The van der Waals surface area contributed by atoms with Crippen LogP contribution in [-0.2, 0) is 41.8 Å². The van der Waals surface area contributed by atoms with E-state index in [-0.39, 0.29) is 25.7 Å². The van der Waals surface area contributed by atoms with Crippen LogP contribution in [0.3, 0.4) is 0 Å². The Hall–Kier alpha value is -1.70. The Bertz CT molecular complexity index is 1170. The van der Waals surface area contributed by atoms with Gasteiger partial charge in [-0.1, -0.05) is 141 Å². The SMILES string of the molecule is CCCCCCCC/C=C/C/C=C/C=C/C(O)CCCC(=O)O[C@H](COC(=O)CCCCCCCCCCC(C)C)COP(=O)(O)OC[C@@H](O)COP(=O)(O)O. The van der Waals surface area contributed by atoms with Crippen molar-refractivity contribution in [1.29, 1.82) is 0 Å². The fourth-order valence-corrected chi connectivity index (χ4v) is 6.52. The third kappa shape index (κ3) is 39.1. The van der Waals surface area contributed by atoms with Crippen LogP contribution in [0.5, 0.6) is 0 Å². The molecular weight excluding hydrogens is 766 g/mol. The Balaban J connectivity index is 4.74. The van der Waals surface area contributed by atoms with Crippen molar-refractivity contribution in [1.82, 2.24) is 0 Å². The maximum Gasteiger partial charge on any atom is 0.472 e. The number of phosphoric acid groups is 2. The first kappa shape index (κ1) is 54.3. The number of carbonyl (C=O) groups excluding carboxylic acids is 2. The molecule has 0 radical (unpaired) electrons. The molecule has 0 saturated heterocycles. The molecule has 328 valence electrons. The van der Waals surface area contributed by atoms with E-state index in [0.717, 1.165) is 38.0 Å². The van der Waals surface area contributed by atoms with Gasteiger partial charge in [-0.3, -0.25) is 23.2 Å². The van der Waals surface area contributed by atoms with Crippen molar-refractivity contribution < 1.29 is 66.7 Å².